The number of hydrogen-bond donors (Lipinski definition) is 0. The van der Waals surface area contributed by atoms with Gasteiger partial charge in [-0.1, -0.05) is 284 Å². The van der Waals surface area contributed by atoms with E-state index in [2.05, 4.69) is 97.1 Å². The van der Waals surface area contributed by atoms with E-state index in [4.69, 9.17) is 0 Å². The lowest BCUT2D eigenvalue weighted by atomic mass is 10.1. The highest BCUT2D eigenvalue weighted by Crippen LogP contribution is 2.17. The summed E-state index contributed by atoms with van der Waals surface area (Å²) in [6, 6.07) is 49.5. The first-order valence-corrected chi connectivity index (χ1v) is 19.5. The fourth-order valence-electron chi connectivity index (χ4n) is 2.78. The summed E-state index contributed by atoms with van der Waals surface area (Å²) in [5, 5.41) is 2.62. The molecule has 0 bridgehead atoms. The lowest BCUT2D eigenvalue weighted by molar-refractivity contribution is 1.50. The molecule has 0 unspecified atom stereocenters. The van der Waals surface area contributed by atoms with Crippen molar-refractivity contribution in [3.05, 3.63) is 146 Å². The standard InChI is InChI=1S/C12H10.C10H8.C6H6.10C2H6/c1-3-7-11(8-4-1)12-9-5-2-6-10-12;1-2-6-10-8-4-3-7-9(10)5-1;1-2-4-6-5-3-1;10*1-2/h1-10H;1-8H;1-6H;10*1-2H3. The van der Waals surface area contributed by atoms with E-state index < -0.39 is 0 Å². The SMILES string of the molecule is CC.CC.CC.CC.CC.CC.CC.CC.CC.CC.c1ccc(-c2ccccc2)cc1.c1ccc2ccccc2c1.c1ccccc1. The van der Waals surface area contributed by atoms with Gasteiger partial charge in [-0.15, -0.1) is 0 Å². The predicted octanol–water partition coefficient (Wildman–Crippen LogP) is 18.1. The van der Waals surface area contributed by atoms with Crippen molar-refractivity contribution in [3.63, 3.8) is 0 Å². The molecule has 5 aromatic carbocycles. The fourth-order valence-corrected chi connectivity index (χ4v) is 2.78. The van der Waals surface area contributed by atoms with E-state index in [9.17, 15) is 0 Å². The molecule has 0 heteroatoms. The quantitative estimate of drug-likeness (QED) is 0.168. The Balaban J connectivity index is -0.0000000674. The summed E-state index contributed by atoms with van der Waals surface area (Å²) in [6.07, 6.45) is 0. The molecule has 0 fully saturated rings. The molecular weight excluding hydrogens is 577 g/mol. The minimum Gasteiger partial charge on any atom is -0.0683 e. The Morgan fingerprint density at radius 3 is 0.458 bits per heavy atom. The van der Waals surface area contributed by atoms with Crippen molar-refractivity contribution in [2.24, 2.45) is 0 Å². The van der Waals surface area contributed by atoms with Crippen molar-refractivity contribution in [1.82, 2.24) is 0 Å². The number of rotatable bonds is 1. The molecule has 0 spiro atoms. The Morgan fingerprint density at radius 2 is 0.292 bits per heavy atom. The summed E-state index contributed by atoms with van der Waals surface area (Å²) in [7, 11) is 0. The molecule has 0 radical (unpaired) electrons. The van der Waals surface area contributed by atoms with Crippen LogP contribution in [0.1, 0.15) is 138 Å². The average Bonchev–Trinajstić information content (AvgIpc) is 3.27. The Morgan fingerprint density at radius 1 is 0.167 bits per heavy atom. The van der Waals surface area contributed by atoms with Crippen molar-refractivity contribution in [1.29, 1.82) is 0 Å². The summed E-state index contributed by atoms with van der Waals surface area (Å²) >= 11 is 0. The molecule has 0 nitrogen and oxygen atoms in total. The first-order chi connectivity index (χ1) is 23.9. The summed E-state index contributed by atoms with van der Waals surface area (Å²) in [4.78, 5) is 0. The topological polar surface area (TPSA) is 0 Å². The maximum Gasteiger partial charge on any atom is -0.0184 e. The van der Waals surface area contributed by atoms with Gasteiger partial charge in [-0.3, -0.25) is 0 Å². The van der Waals surface area contributed by atoms with Gasteiger partial charge in [0, 0.05) is 0 Å². The van der Waals surface area contributed by atoms with Gasteiger partial charge >= 0.3 is 0 Å². The number of fused-ring (bicyclic) bond motifs is 1. The van der Waals surface area contributed by atoms with Crippen LogP contribution in [0.4, 0.5) is 0 Å². The highest BCUT2D eigenvalue weighted by Gasteiger charge is 1.91. The first-order valence-electron chi connectivity index (χ1n) is 19.5. The van der Waals surface area contributed by atoms with Gasteiger partial charge in [-0.25, -0.2) is 0 Å². The van der Waals surface area contributed by atoms with Gasteiger partial charge in [0.15, 0.2) is 0 Å². The molecule has 0 N–H and O–H groups in total. The van der Waals surface area contributed by atoms with Gasteiger partial charge in [0.2, 0.25) is 0 Å². The Hall–Kier alpha value is -3.64. The van der Waals surface area contributed by atoms with E-state index in [-0.39, 0.29) is 0 Å². The largest absolute Gasteiger partial charge is 0.0683 e. The maximum atomic E-state index is 2.12. The van der Waals surface area contributed by atoms with Crippen LogP contribution < -0.4 is 0 Å². The minimum absolute atomic E-state index is 1.28. The van der Waals surface area contributed by atoms with Crippen molar-refractivity contribution >= 4 is 10.8 Å². The van der Waals surface area contributed by atoms with Gasteiger partial charge in [0.1, 0.15) is 0 Å². The maximum absolute atomic E-state index is 2.12. The summed E-state index contributed by atoms with van der Waals surface area (Å²) in [5.74, 6) is 0. The molecule has 48 heavy (non-hydrogen) atoms. The van der Waals surface area contributed by atoms with Crippen LogP contribution in [0.3, 0.4) is 0 Å². The first kappa shape index (κ1) is 63.1. The van der Waals surface area contributed by atoms with Gasteiger partial charge in [0.05, 0.1) is 0 Å². The molecule has 0 saturated heterocycles. The number of benzene rings is 5. The molecule has 0 aliphatic rings. The molecule has 276 valence electrons. The Kier molecular flexibility index (Phi) is 97.6. The van der Waals surface area contributed by atoms with E-state index >= 15 is 0 Å². The molecule has 0 aliphatic carbocycles. The third kappa shape index (κ3) is 44.5. The second-order valence-electron chi connectivity index (χ2n) is 6.23. The smallest absolute Gasteiger partial charge is 0.0184 e. The van der Waals surface area contributed by atoms with Gasteiger partial charge in [0.25, 0.3) is 0 Å². The summed E-state index contributed by atoms with van der Waals surface area (Å²) < 4.78 is 0. The Labute approximate surface area is 305 Å². The molecule has 0 atom stereocenters. The van der Waals surface area contributed by atoms with Gasteiger partial charge in [-0.2, -0.15) is 0 Å². The van der Waals surface area contributed by atoms with Crippen LogP contribution in [0.2, 0.25) is 0 Å². The zero-order valence-electron chi connectivity index (χ0n) is 35.9. The van der Waals surface area contributed by atoms with Crippen LogP contribution in [0.15, 0.2) is 146 Å². The van der Waals surface area contributed by atoms with Crippen LogP contribution >= 0.6 is 0 Å². The van der Waals surface area contributed by atoms with E-state index in [1.165, 1.54) is 21.9 Å². The van der Waals surface area contributed by atoms with Gasteiger partial charge in [-0.05, 0) is 21.9 Å². The monoisotopic (exact) mass is 661 g/mol. The molecule has 5 rings (SSSR count). The van der Waals surface area contributed by atoms with Crippen molar-refractivity contribution in [2.45, 2.75) is 138 Å². The van der Waals surface area contributed by atoms with E-state index in [0.29, 0.717) is 0 Å². The highest BCUT2D eigenvalue weighted by atomic mass is 14.0. The van der Waals surface area contributed by atoms with E-state index in [0.717, 1.165) is 0 Å². The lowest BCUT2D eigenvalue weighted by Crippen LogP contribution is -1.73. The molecule has 0 amide bonds. The molecule has 5 aromatic rings. The van der Waals surface area contributed by atoms with Crippen molar-refractivity contribution in [2.75, 3.05) is 0 Å². The van der Waals surface area contributed by atoms with Crippen LogP contribution in [-0.4, -0.2) is 0 Å². The minimum atomic E-state index is 1.28. The number of hydrogen-bond acceptors (Lipinski definition) is 0. The molecular formula is C48H84. The van der Waals surface area contributed by atoms with Crippen LogP contribution in [0.5, 0.6) is 0 Å². The second-order valence-corrected chi connectivity index (χ2v) is 6.23. The zero-order chi connectivity index (χ0) is 39.3. The third-order valence-electron chi connectivity index (χ3n) is 4.21. The zero-order valence-corrected chi connectivity index (χ0v) is 35.9. The molecule has 0 aliphatic heterocycles. The fraction of sp³-hybridized carbons (Fsp3) is 0.417. The van der Waals surface area contributed by atoms with Crippen molar-refractivity contribution < 1.29 is 0 Å². The second kappa shape index (κ2) is 74.3. The summed E-state index contributed by atoms with van der Waals surface area (Å²) in [5.41, 5.74) is 2.55. The van der Waals surface area contributed by atoms with E-state index in [1.54, 1.807) is 0 Å². The highest BCUT2D eigenvalue weighted by molar-refractivity contribution is 5.82. The van der Waals surface area contributed by atoms with Gasteiger partial charge < -0.3 is 0 Å². The van der Waals surface area contributed by atoms with Crippen LogP contribution in [0.25, 0.3) is 21.9 Å². The third-order valence-corrected chi connectivity index (χ3v) is 4.21. The Bertz CT molecular complexity index is 906. The average molecular weight is 661 g/mol. The van der Waals surface area contributed by atoms with Crippen LogP contribution in [-0.2, 0) is 0 Å². The van der Waals surface area contributed by atoms with E-state index in [1.807, 2.05) is 187 Å². The summed E-state index contributed by atoms with van der Waals surface area (Å²) in [6.45, 7) is 40.0. The lowest BCUT2D eigenvalue weighted by Gasteiger charge is -1.98. The molecule has 0 saturated carbocycles. The normalized spacial score (nSPS) is 6.75. The molecule has 0 heterocycles. The predicted molar refractivity (Wildman–Crippen MR) is 236 cm³/mol. The van der Waals surface area contributed by atoms with Crippen molar-refractivity contribution in [3.8, 4) is 11.1 Å². The van der Waals surface area contributed by atoms with Crippen LogP contribution in [0, 0.1) is 0 Å². The molecule has 0 aromatic heterocycles.